The maximum Gasteiger partial charge on any atom is 0.416 e. The van der Waals surface area contributed by atoms with Crippen LogP contribution in [0.2, 0.25) is 0 Å². The average Bonchev–Trinajstić information content (AvgIpc) is 2.97. The molecule has 2 aromatic rings. The van der Waals surface area contributed by atoms with E-state index in [0.717, 1.165) is 29.1 Å². The third-order valence-electron chi connectivity index (χ3n) is 4.47. The highest BCUT2D eigenvalue weighted by Gasteiger charge is 2.37. The number of para-hydroxylation sites is 1. The maximum atomic E-state index is 12.8. The summed E-state index contributed by atoms with van der Waals surface area (Å²) in [7, 11) is 0. The quantitative estimate of drug-likeness (QED) is 0.815. The molecule has 4 rings (SSSR count). The van der Waals surface area contributed by atoms with Crippen molar-refractivity contribution >= 4 is 17.1 Å². The summed E-state index contributed by atoms with van der Waals surface area (Å²) < 4.78 is 38.4. The normalized spacial score (nSPS) is 16.0. The largest absolute Gasteiger partial charge is 0.491 e. The summed E-state index contributed by atoms with van der Waals surface area (Å²) in [5, 5.41) is 13.6. The van der Waals surface area contributed by atoms with Gasteiger partial charge in [0.05, 0.1) is 22.6 Å². The molecule has 0 aliphatic carbocycles. The summed E-state index contributed by atoms with van der Waals surface area (Å²) in [6, 6.07) is 12.2. The fourth-order valence-corrected chi connectivity index (χ4v) is 3.14. The first kappa shape index (κ1) is 19.7. The van der Waals surface area contributed by atoms with Gasteiger partial charge in [0.2, 0.25) is 5.82 Å². The second kappa shape index (κ2) is 6.84. The number of nitrogens with one attached hydrogen (secondary N) is 1. The van der Waals surface area contributed by atoms with Crippen molar-refractivity contribution in [2.75, 3.05) is 10.0 Å². The zero-order valence-corrected chi connectivity index (χ0v) is 15.1. The summed E-state index contributed by atoms with van der Waals surface area (Å²) >= 11 is 0. The molecule has 0 saturated carbocycles. The van der Waals surface area contributed by atoms with Crippen LogP contribution in [0.4, 0.5) is 24.5 Å². The molecule has 2 aliphatic rings. The van der Waals surface area contributed by atoms with Crippen LogP contribution in [0, 0.1) is 5.92 Å². The molecular formula is C19H19F3N4O2. The predicted octanol–water partition coefficient (Wildman–Crippen LogP) is 3.77. The number of hydrazine groups is 2. The molecule has 0 bridgehead atoms. The average molecular weight is 392 g/mol. The lowest BCUT2D eigenvalue weighted by Gasteiger charge is -2.29. The first-order valence-corrected chi connectivity index (χ1v) is 8.42. The summed E-state index contributed by atoms with van der Waals surface area (Å²) in [5.74, 6) is 0.258. The minimum Gasteiger partial charge on any atom is -0.491 e. The van der Waals surface area contributed by atoms with Crippen molar-refractivity contribution in [1.29, 1.82) is 0 Å². The van der Waals surface area contributed by atoms with Crippen molar-refractivity contribution in [3.05, 3.63) is 71.4 Å². The van der Waals surface area contributed by atoms with Crippen molar-refractivity contribution in [3.8, 4) is 0 Å². The number of hydrogen-bond donors (Lipinski definition) is 2. The Balaban J connectivity index is 0.00000225. The van der Waals surface area contributed by atoms with Gasteiger partial charge in [0, 0.05) is 5.56 Å². The SMILES string of the molecule is CC(C)C1=NC2=C(O)N(c3ccc(C(F)(F)F)cc3)NN2c2ccccc21.O. The second-order valence-corrected chi connectivity index (χ2v) is 6.63. The summed E-state index contributed by atoms with van der Waals surface area (Å²) in [6.45, 7) is 4.03. The highest BCUT2D eigenvalue weighted by molar-refractivity contribution is 6.08. The van der Waals surface area contributed by atoms with Crippen molar-refractivity contribution in [1.82, 2.24) is 5.53 Å². The number of alkyl halides is 3. The third kappa shape index (κ3) is 3.08. The zero-order chi connectivity index (χ0) is 19.3. The Hall–Kier alpha value is -3.04. The van der Waals surface area contributed by atoms with Crippen LogP contribution < -0.4 is 15.6 Å². The highest BCUT2D eigenvalue weighted by Crippen LogP contribution is 2.37. The number of halogens is 3. The lowest BCUT2D eigenvalue weighted by molar-refractivity contribution is -0.137. The highest BCUT2D eigenvalue weighted by atomic mass is 19.4. The molecule has 0 radical (unpaired) electrons. The molecular weight excluding hydrogens is 373 g/mol. The third-order valence-corrected chi connectivity index (χ3v) is 4.47. The van der Waals surface area contributed by atoms with E-state index in [1.807, 2.05) is 38.1 Å². The van der Waals surface area contributed by atoms with E-state index in [-0.39, 0.29) is 17.3 Å². The van der Waals surface area contributed by atoms with Gasteiger partial charge in [-0.15, -0.1) is 5.53 Å². The number of hydrogen-bond acceptors (Lipinski definition) is 5. The zero-order valence-electron chi connectivity index (χ0n) is 15.1. The minimum absolute atomic E-state index is 0. The topological polar surface area (TPSA) is 82.6 Å². The van der Waals surface area contributed by atoms with Crippen molar-refractivity contribution in [3.63, 3.8) is 0 Å². The van der Waals surface area contributed by atoms with Gasteiger partial charge >= 0.3 is 6.18 Å². The Kier molecular flexibility index (Phi) is 4.82. The molecule has 28 heavy (non-hydrogen) atoms. The molecule has 2 heterocycles. The molecule has 0 amide bonds. The lowest BCUT2D eigenvalue weighted by atomic mass is 9.97. The van der Waals surface area contributed by atoms with E-state index in [1.54, 1.807) is 5.01 Å². The molecule has 0 spiro atoms. The molecule has 2 aromatic carbocycles. The molecule has 0 unspecified atom stereocenters. The van der Waals surface area contributed by atoms with Crippen LogP contribution in [0.25, 0.3) is 0 Å². The summed E-state index contributed by atoms with van der Waals surface area (Å²) in [5.41, 5.74) is 5.18. The Morgan fingerprint density at radius 1 is 1.00 bits per heavy atom. The number of aliphatic imine (C=N–C) groups is 1. The minimum atomic E-state index is -4.41. The second-order valence-electron chi connectivity index (χ2n) is 6.63. The molecule has 2 aliphatic heterocycles. The van der Waals surface area contributed by atoms with Crippen molar-refractivity contribution in [2.45, 2.75) is 20.0 Å². The van der Waals surface area contributed by atoms with Gasteiger partial charge in [-0.05, 0) is 36.2 Å². The van der Waals surface area contributed by atoms with Gasteiger partial charge in [-0.1, -0.05) is 32.0 Å². The van der Waals surface area contributed by atoms with Crippen LogP contribution in [0.15, 0.2) is 65.2 Å². The van der Waals surface area contributed by atoms with E-state index in [0.29, 0.717) is 11.5 Å². The van der Waals surface area contributed by atoms with Crippen molar-refractivity contribution in [2.24, 2.45) is 10.9 Å². The monoisotopic (exact) mass is 392 g/mol. The van der Waals surface area contributed by atoms with Gasteiger partial charge in [-0.2, -0.15) is 13.2 Å². The van der Waals surface area contributed by atoms with E-state index in [4.69, 9.17) is 0 Å². The van der Waals surface area contributed by atoms with Crippen LogP contribution in [0.5, 0.6) is 0 Å². The van der Waals surface area contributed by atoms with Gasteiger partial charge in [0.25, 0.3) is 5.88 Å². The van der Waals surface area contributed by atoms with E-state index in [2.05, 4.69) is 10.5 Å². The van der Waals surface area contributed by atoms with E-state index in [9.17, 15) is 18.3 Å². The van der Waals surface area contributed by atoms with Crippen LogP contribution in [-0.4, -0.2) is 16.3 Å². The summed E-state index contributed by atoms with van der Waals surface area (Å²) in [4.78, 5) is 4.59. The Labute approximate surface area is 159 Å². The van der Waals surface area contributed by atoms with Gasteiger partial charge in [0.1, 0.15) is 0 Å². The molecule has 4 N–H and O–H groups in total. The smallest absolute Gasteiger partial charge is 0.416 e. The van der Waals surface area contributed by atoms with E-state index >= 15 is 0 Å². The molecule has 6 nitrogen and oxygen atoms in total. The number of aliphatic hydroxyl groups is 1. The number of nitrogens with zero attached hydrogens (tertiary/aromatic N) is 3. The Morgan fingerprint density at radius 3 is 2.25 bits per heavy atom. The van der Waals surface area contributed by atoms with Crippen LogP contribution in [0.1, 0.15) is 25.0 Å². The number of rotatable bonds is 2. The van der Waals surface area contributed by atoms with Gasteiger partial charge in [-0.3, -0.25) is 0 Å². The number of benzene rings is 2. The van der Waals surface area contributed by atoms with Gasteiger partial charge in [0.15, 0.2) is 0 Å². The fraction of sp³-hybridized carbons (Fsp3) is 0.211. The van der Waals surface area contributed by atoms with Crippen molar-refractivity contribution < 1.29 is 23.8 Å². The first-order chi connectivity index (χ1) is 12.8. The molecule has 148 valence electrons. The van der Waals surface area contributed by atoms with Gasteiger partial charge in [-0.25, -0.2) is 15.0 Å². The fourth-order valence-electron chi connectivity index (χ4n) is 3.14. The number of anilines is 2. The predicted molar refractivity (Wildman–Crippen MR) is 101 cm³/mol. The Bertz CT molecular complexity index is 952. The molecule has 0 aromatic heterocycles. The lowest BCUT2D eigenvalue weighted by Crippen LogP contribution is -2.43. The Morgan fingerprint density at radius 2 is 1.64 bits per heavy atom. The van der Waals surface area contributed by atoms with E-state index in [1.165, 1.54) is 17.1 Å². The first-order valence-electron chi connectivity index (χ1n) is 8.42. The van der Waals surface area contributed by atoms with Gasteiger partial charge < -0.3 is 10.6 Å². The molecule has 0 fully saturated rings. The van der Waals surface area contributed by atoms with Crippen LogP contribution in [0.3, 0.4) is 0 Å². The summed E-state index contributed by atoms with van der Waals surface area (Å²) in [6.07, 6.45) is -4.41. The maximum absolute atomic E-state index is 12.8. The van der Waals surface area contributed by atoms with Crippen LogP contribution >= 0.6 is 0 Å². The molecule has 0 saturated heterocycles. The standard InChI is InChI=1S/C19H17F3N4O.H2O/c1-11(2)16-14-5-3-4-6-15(14)26-17(23-16)18(27)25(24-26)13-9-7-12(8-10-13)19(20,21)22;/h3-11,24,27H,1-2H3;1H2. The van der Waals surface area contributed by atoms with Crippen LogP contribution in [-0.2, 0) is 6.18 Å². The molecule has 9 heteroatoms. The number of fused-ring (bicyclic) bond motifs is 3. The molecule has 0 atom stereocenters. The van der Waals surface area contributed by atoms with E-state index < -0.39 is 11.7 Å². The number of aliphatic hydroxyl groups excluding tert-OH is 1.